The number of aliphatic hydroxyl groups is 1. The zero-order chi connectivity index (χ0) is 6.99. The molecule has 0 aromatic heterocycles. The summed E-state index contributed by atoms with van der Waals surface area (Å²) in [6.45, 7) is 5.17. The minimum atomic E-state index is -0.116. The maximum Gasteiger partial charge on any atom is 0.116 e. The van der Waals surface area contributed by atoms with Crippen molar-refractivity contribution in [2.24, 2.45) is 0 Å². The van der Waals surface area contributed by atoms with E-state index in [1.807, 2.05) is 6.92 Å². The van der Waals surface area contributed by atoms with E-state index in [-0.39, 0.29) is 6.10 Å². The normalized spacial score (nSPS) is 11.0. The highest BCUT2D eigenvalue weighted by Gasteiger charge is 1.81. The van der Waals surface area contributed by atoms with E-state index >= 15 is 0 Å². The molecule has 0 bridgehead atoms. The van der Waals surface area contributed by atoms with Gasteiger partial charge in [0.05, 0.1) is 6.10 Å². The second kappa shape index (κ2) is 9.80. The van der Waals surface area contributed by atoms with Gasteiger partial charge in [-0.15, -0.1) is 0 Å². The Balaban J connectivity index is 0. The van der Waals surface area contributed by atoms with E-state index < -0.39 is 0 Å². The minimum Gasteiger partial charge on any atom is -0.393 e. The molecule has 2 nitrogen and oxygen atoms in total. The summed E-state index contributed by atoms with van der Waals surface area (Å²) < 4.78 is 0. The maximum atomic E-state index is 8.81. The molecule has 50 valence electrons. The Bertz CT molecular complexity index is 41.8. The highest BCUT2D eigenvalue weighted by Crippen LogP contribution is 1.81. The number of carbonyl (C=O) groups excluding carboxylic acids is 1. The topological polar surface area (TPSA) is 37.3 Å². The molecule has 0 saturated heterocycles. The Labute approximate surface area is 50.5 Å². The molecule has 1 N–H and O–H groups in total. The van der Waals surface area contributed by atoms with Crippen molar-refractivity contribution < 1.29 is 9.90 Å². The smallest absolute Gasteiger partial charge is 0.116 e. The van der Waals surface area contributed by atoms with E-state index in [1.54, 1.807) is 6.92 Å². The van der Waals surface area contributed by atoms with Gasteiger partial charge in [-0.3, -0.25) is 0 Å². The first-order chi connectivity index (χ1) is 3.68. The molecule has 0 radical (unpaired) electrons. The lowest BCUT2D eigenvalue weighted by molar-refractivity contribution is -0.106. The molecule has 0 aromatic carbocycles. The maximum absolute atomic E-state index is 8.81. The summed E-state index contributed by atoms with van der Waals surface area (Å²) in [4.78, 5) is 8.81. The number of hydrogen-bond acceptors (Lipinski definition) is 2. The van der Waals surface area contributed by atoms with E-state index in [0.717, 1.165) is 12.7 Å². The van der Waals surface area contributed by atoms with Gasteiger partial charge in [0, 0.05) is 0 Å². The molecular weight excluding hydrogens is 104 g/mol. The Morgan fingerprint density at radius 3 is 1.88 bits per heavy atom. The van der Waals surface area contributed by atoms with Crippen LogP contribution in [-0.4, -0.2) is 17.5 Å². The molecule has 0 rings (SSSR count). The van der Waals surface area contributed by atoms with Crippen molar-refractivity contribution in [1.29, 1.82) is 0 Å². The third kappa shape index (κ3) is 45.4. The van der Waals surface area contributed by atoms with Crippen molar-refractivity contribution >= 4 is 6.29 Å². The summed E-state index contributed by atoms with van der Waals surface area (Å²) in [6, 6.07) is 0. The predicted molar refractivity (Wildman–Crippen MR) is 33.7 cm³/mol. The van der Waals surface area contributed by atoms with Crippen LogP contribution in [0.5, 0.6) is 0 Å². The summed E-state index contributed by atoms with van der Waals surface area (Å²) >= 11 is 0. The van der Waals surface area contributed by atoms with Gasteiger partial charge in [0.15, 0.2) is 0 Å². The van der Waals surface area contributed by atoms with Gasteiger partial charge in [-0.1, -0.05) is 6.92 Å². The monoisotopic (exact) mass is 118 g/mol. The zero-order valence-electron chi connectivity index (χ0n) is 5.72. The molecule has 0 fully saturated rings. The number of carbonyl (C=O) groups is 1. The number of hydrogen-bond donors (Lipinski definition) is 1. The molecule has 0 heterocycles. The minimum absolute atomic E-state index is 0.116. The standard InChI is InChI=1S/C4H10O.C2H4O/c1-3-4(2)5;1-2-3/h4-5H,3H2,1-2H3;2H,1H3. The summed E-state index contributed by atoms with van der Waals surface area (Å²) in [6.07, 6.45) is 1.50. The van der Waals surface area contributed by atoms with E-state index in [4.69, 9.17) is 9.90 Å². The van der Waals surface area contributed by atoms with Crippen molar-refractivity contribution in [2.45, 2.75) is 33.3 Å². The molecule has 0 aromatic rings. The van der Waals surface area contributed by atoms with Gasteiger partial charge >= 0.3 is 0 Å². The van der Waals surface area contributed by atoms with E-state index in [9.17, 15) is 0 Å². The third-order valence-electron chi connectivity index (χ3n) is 0.591. The first-order valence-corrected chi connectivity index (χ1v) is 2.76. The van der Waals surface area contributed by atoms with Crippen LogP contribution in [0, 0.1) is 0 Å². The Hall–Kier alpha value is -0.370. The third-order valence-corrected chi connectivity index (χ3v) is 0.591. The van der Waals surface area contributed by atoms with Gasteiger partial charge in [-0.25, -0.2) is 0 Å². The van der Waals surface area contributed by atoms with Gasteiger partial charge in [0.1, 0.15) is 6.29 Å². The average Bonchev–Trinajstić information content (AvgIpc) is 1.69. The van der Waals surface area contributed by atoms with Crippen LogP contribution in [0.15, 0.2) is 0 Å². The summed E-state index contributed by atoms with van der Waals surface area (Å²) in [7, 11) is 0. The molecule has 0 aliphatic heterocycles. The van der Waals surface area contributed by atoms with Crippen LogP contribution in [0.1, 0.15) is 27.2 Å². The molecule has 0 aliphatic carbocycles. The van der Waals surface area contributed by atoms with Gasteiger partial charge in [0.2, 0.25) is 0 Å². The van der Waals surface area contributed by atoms with Crippen molar-refractivity contribution in [3.05, 3.63) is 0 Å². The SMILES string of the molecule is CC=O.CCC(C)O. The average molecular weight is 118 g/mol. The summed E-state index contributed by atoms with van der Waals surface area (Å²) in [5, 5.41) is 8.36. The van der Waals surface area contributed by atoms with Crippen LogP contribution in [-0.2, 0) is 4.79 Å². The molecule has 8 heavy (non-hydrogen) atoms. The summed E-state index contributed by atoms with van der Waals surface area (Å²) in [5.41, 5.74) is 0. The Morgan fingerprint density at radius 2 is 1.88 bits per heavy atom. The van der Waals surface area contributed by atoms with E-state index in [1.165, 1.54) is 6.92 Å². The van der Waals surface area contributed by atoms with Crippen LogP contribution in [0.25, 0.3) is 0 Å². The highest BCUT2D eigenvalue weighted by atomic mass is 16.3. The number of rotatable bonds is 1. The molecule has 0 saturated carbocycles. The largest absolute Gasteiger partial charge is 0.393 e. The molecule has 0 spiro atoms. The number of aliphatic hydroxyl groups excluding tert-OH is 1. The zero-order valence-corrected chi connectivity index (χ0v) is 5.72. The van der Waals surface area contributed by atoms with Gasteiger partial charge in [-0.2, -0.15) is 0 Å². The highest BCUT2D eigenvalue weighted by molar-refractivity contribution is 5.44. The van der Waals surface area contributed by atoms with Gasteiger partial charge in [0.25, 0.3) is 0 Å². The van der Waals surface area contributed by atoms with Crippen LogP contribution in [0.2, 0.25) is 0 Å². The lowest BCUT2D eigenvalue weighted by Crippen LogP contribution is -1.93. The Morgan fingerprint density at radius 1 is 1.75 bits per heavy atom. The lowest BCUT2D eigenvalue weighted by atomic mass is 10.3. The van der Waals surface area contributed by atoms with Crippen molar-refractivity contribution in [1.82, 2.24) is 0 Å². The van der Waals surface area contributed by atoms with Gasteiger partial charge in [-0.05, 0) is 20.3 Å². The second-order valence-electron chi connectivity index (χ2n) is 1.49. The molecule has 2 heteroatoms. The summed E-state index contributed by atoms with van der Waals surface area (Å²) in [5.74, 6) is 0. The second-order valence-corrected chi connectivity index (χ2v) is 1.49. The van der Waals surface area contributed by atoms with Crippen molar-refractivity contribution in [3.63, 3.8) is 0 Å². The Kier molecular flexibility index (Phi) is 13.0. The predicted octanol–water partition coefficient (Wildman–Crippen LogP) is 0.982. The fourth-order valence-electron chi connectivity index (χ4n) is 0. The molecule has 1 atom stereocenters. The molecular formula is C6H14O2. The fourth-order valence-corrected chi connectivity index (χ4v) is 0. The van der Waals surface area contributed by atoms with Crippen molar-refractivity contribution in [2.75, 3.05) is 0 Å². The fraction of sp³-hybridized carbons (Fsp3) is 0.833. The molecule has 0 aliphatic rings. The van der Waals surface area contributed by atoms with Crippen LogP contribution < -0.4 is 0 Å². The quantitative estimate of drug-likeness (QED) is 0.521. The van der Waals surface area contributed by atoms with Gasteiger partial charge < -0.3 is 9.90 Å². The number of aldehydes is 1. The lowest BCUT2D eigenvalue weighted by Gasteiger charge is -1.90. The first-order valence-electron chi connectivity index (χ1n) is 2.76. The molecule has 1 unspecified atom stereocenters. The van der Waals surface area contributed by atoms with Crippen LogP contribution >= 0.6 is 0 Å². The first kappa shape index (κ1) is 10.6. The molecule has 0 amide bonds. The van der Waals surface area contributed by atoms with E-state index in [2.05, 4.69) is 0 Å². The van der Waals surface area contributed by atoms with Crippen LogP contribution in [0.4, 0.5) is 0 Å². The van der Waals surface area contributed by atoms with Crippen LogP contribution in [0.3, 0.4) is 0 Å². The van der Waals surface area contributed by atoms with Crippen molar-refractivity contribution in [3.8, 4) is 0 Å². The van der Waals surface area contributed by atoms with E-state index in [0.29, 0.717) is 0 Å².